The Morgan fingerprint density at radius 1 is 1.12 bits per heavy atom. The molecule has 0 aromatic carbocycles. The van der Waals surface area contributed by atoms with Crippen molar-refractivity contribution in [3.63, 3.8) is 0 Å². The summed E-state index contributed by atoms with van der Waals surface area (Å²) in [5.74, 6) is 0. The minimum absolute atomic E-state index is 0.638. The van der Waals surface area contributed by atoms with Gasteiger partial charge in [-0.05, 0) is 24.3 Å². The molecule has 4 nitrogen and oxygen atoms in total. The number of hydrogen-bond donors (Lipinski definition) is 1. The summed E-state index contributed by atoms with van der Waals surface area (Å²) in [6, 6.07) is 7.42. The van der Waals surface area contributed by atoms with Gasteiger partial charge in [0.2, 0.25) is 0 Å². The molecule has 1 N–H and O–H groups in total. The molecule has 0 atom stereocenters. The highest BCUT2D eigenvalue weighted by Crippen LogP contribution is 2.27. The molecule has 0 fully saturated rings. The van der Waals surface area contributed by atoms with Crippen LogP contribution in [0, 0.1) is 0 Å². The standard InChI is InChI=1S/C13H9N3O/c17-8-11-10-2-1-5-15-13(10)16-12(11)9-3-6-14-7-4-9/h1-8H,(H,15,16). The minimum atomic E-state index is 0.638. The molecule has 3 rings (SSSR count). The van der Waals surface area contributed by atoms with Crippen LogP contribution in [0.3, 0.4) is 0 Å². The summed E-state index contributed by atoms with van der Waals surface area (Å²) in [5, 5.41) is 0.842. The van der Waals surface area contributed by atoms with Gasteiger partial charge >= 0.3 is 0 Å². The summed E-state index contributed by atoms with van der Waals surface area (Å²) in [5.41, 5.74) is 3.08. The summed E-state index contributed by atoms with van der Waals surface area (Å²) < 4.78 is 0. The van der Waals surface area contributed by atoms with Gasteiger partial charge in [0.05, 0.1) is 5.69 Å². The van der Waals surface area contributed by atoms with Gasteiger partial charge in [0.25, 0.3) is 0 Å². The van der Waals surface area contributed by atoms with Gasteiger partial charge in [-0.1, -0.05) is 0 Å². The van der Waals surface area contributed by atoms with Crippen molar-refractivity contribution in [1.29, 1.82) is 0 Å². The van der Waals surface area contributed by atoms with Crippen LogP contribution in [0.2, 0.25) is 0 Å². The number of fused-ring (bicyclic) bond motifs is 1. The number of carbonyl (C=O) groups excluding carboxylic acids is 1. The van der Waals surface area contributed by atoms with Crippen LogP contribution in [0.4, 0.5) is 0 Å². The molecule has 4 heteroatoms. The molecule has 0 unspecified atom stereocenters. The zero-order chi connectivity index (χ0) is 11.7. The predicted molar refractivity (Wildman–Crippen MR) is 64.7 cm³/mol. The van der Waals surface area contributed by atoms with Crippen LogP contribution in [0.5, 0.6) is 0 Å². The Bertz CT molecular complexity index is 673. The van der Waals surface area contributed by atoms with E-state index < -0.39 is 0 Å². The fourth-order valence-corrected chi connectivity index (χ4v) is 1.91. The number of aromatic amines is 1. The van der Waals surface area contributed by atoms with E-state index in [-0.39, 0.29) is 0 Å². The molecule has 0 bridgehead atoms. The van der Waals surface area contributed by atoms with Crippen LogP contribution in [-0.2, 0) is 0 Å². The Morgan fingerprint density at radius 2 is 1.94 bits per heavy atom. The van der Waals surface area contributed by atoms with E-state index in [0.29, 0.717) is 5.56 Å². The van der Waals surface area contributed by atoms with E-state index in [1.54, 1.807) is 18.6 Å². The first-order valence-corrected chi connectivity index (χ1v) is 5.22. The van der Waals surface area contributed by atoms with Crippen molar-refractivity contribution >= 4 is 17.3 Å². The Kier molecular flexibility index (Phi) is 2.19. The molecule has 0 aliphatic rings. The van der Waals surface area contributed by atoms with Gasteiger partial charge in [-0.2, -0.15) is 0 Å². The molecular formula is C13H9N3O. The lowest BCUT2D eigenvalue weighted by molar-refractivity contribution is 0.112. The quantitative estimate of drug-likeness (QED) is 0.679. The predicted octanol–water partition coefficient (Wildman–Crippen LogP) is 2.44. The molecule has 0 radical (unpaired) electrons. The molecule has 17 heavy (non-hydrogen) atoms. The van der Waals surface area contributed by atoms with Crippen molar-refractivity contribution in [1.82, 2.24) is 15.0 Å². The second-order valence-corrected chi connectivity index (χ2v) is 3.67. The van der Waals surface area contributed by atoms with E-state index in [9.17, 15) is 4.79 Å². The van der Waals surface area contributed by atoms with E-state index in [0.717, 1.165) is 28.6 Å². The third-order valence-electron chi connectivity index (χ3n) is 2.70. The van der Waals surface area contributed by atoms with Crippen molar-refractivity contribution in [2.75, 3.05) is 0 Å². The topological polar surface area (TPSA) is 58.6 Å². The van der Waals surface area contributed by atoms with Crippen molar-refractivity contribution in [3.05, 3.63) is 48.4 Å². The fraction of sp³-hybridized carbons (Fsp3) is 0. The lowest BCUT2D eigenvalue weighted by atomic mass is 10.1. The van der Waals surface area contributed by atoms with Gasteiger partial charge in [-0.3, -0.25) is 9.78 Å². The Hall–Kier alpha value is -2.49. The molecule has 3 aromatic heterocycles. The highest BCUT2D eigenvalue weighted by molar-refractivity contribution is 6.03. The zero-order valence-corrected chi connectivity index (χ0v) is 8.92. The number of aldehydes is 1. The molecule has 0 aliphatic carbocycles. The van der Waals surface area contributed by atoms with E-state index in [1.807, 2.05) is 24.3 Å². The number of nitrogens with one attached hydrogen (secondary N) is 1. The van der Waals surface area contributed by atoms with Crippen LogP contribution in [0.25, 0.3) is 22.3 Å². The number of aromatic nitrogens is 3. The van der Waals surface area contributed by atoms with E-state index in [4.69, 9.17) is 0 Å². The Morgan fingerprint density at radius 3 is 2.71 bits per heavy atom. The lowest BCUT2D eigenvalue weighted by Crippen LogP contribution is -1.84. The van der Waals surface area contributed by atoms with Gasteiger partial charge in [0.15, 0.2) is 6.29 Å². The number of hydrogen-bond acceptors (Lipinski definition) is 3. The molecule has 3 heterocycles. The van der Waals surface area contributed by atoms with E-state index in [2.05, 4.69) is 15.0 Å². The second-order valence-electron chi connectivity index (χ2n) is 3.67. The summed E-state index contributed by atoms with van der Waals surface area (Å²) in [6.07, 6.45) is 5.95. The second kappa shape index (κ2) is 3.83. The molecule has 3 aromatic rings. The van der Waals surface area contributed by atoms with Crippen molar-refractivity contribution in [2.24, 2.45) is 0 Å². The van der Waals surface area contributed by atoms with Crippen LogP contribution in [0.15, 0.2) is 42.9 Å². The molecule has 0 saturated carbocycles. The monoisotopic (exact) mass is 223 g/mol. The van der Waals surface area contributed by atoms with Gasteiger partial charge in [0, 0.05) is 35.1 Å². The zero-order valence-electron chi connectivity index (χ0n) is 8.92. The molecular weight excluding hydrogens is 214 g/mol. The maximum absolute atomic E-state index is 11.2. The summed E-state index contributed by atoms with van der Waals surface area (Å²) in [6.45, 7) is 0. The number of nitrogens with zero attached hydrogens (tertiary/aromatic N) is 2. The number of carbonyl (C=O) groups is 1. The van der Waals surface area contributed by atoms with Crippen molar-refractivity contribution in [2.45, 2.75) is 0 Å². The smallest absolute Gasteiger partial charge is 0.152 e. The number of pyridine rings is 2. The average molecular weight is 223 g/mol. The van der Waals surface area contributed by atoms with Gasteiger partial charge in [-0.25, -0.2) is 4.98 Å². The summed E-state index contributed by atoms with van der Waals surface area (Å²) >= 11 is 0. The van der Waals surface area contributed by atoms with Crippen molar-refractivity contribution in [3.8, 4) is 11.3 Å². The molecule has 0 amide bonds. The number of H-pyrrole nitrogens is 1. The largest absolute Gasteiger partial charge is 0.339 e. The van der Waals surface area contributed by atoms with Gasteiger partial charge in [-0.15, -0.1) is 0 Å². The minimum Gasteiger partial charge on any atom is -0.339 e. The van der Waals surface area contributed by atoms with Crippen LogP contribution < -0.4 is 0 Å². The van der Waals surface area contributed by atoms with Crippen LogP contribution in [0.1, 0.15) is 10.4 Å². The van der Waals surface area contributed by atoms with E-state index in [1.165, 1.54) is 0 Å². The molecule has 0 spiro atoms. The summed E-state index contributed by atoms with van der Waals surface area (Å²) in [7, 11) is 0. The maximum atomic E-state index is 11.2. The SMILES string of the molecule is O=Cc1c(-c2ccncc2)[nH]c2ncccc12. The molecule has 0 aliphatic heterocycles. The highest BCUT2D eigenvalue weighted by Gasteiger charge is 2.12. The van der Waals surface area contributed by atoms with Crippen LogP contribution in [-0.4, -0.2) is 21.2 Å². The van der Waals surface area contributed by atoms with Gasteiger partial charge < -0.3 is 4.98 Å². The van der Waals surface area contributed by atoms with E-state index >= 15 is 0 Å². The van der Waals surface area contributed by atoms with Crippen molar-refractivity contribution < 1.29 is 4.79 Å². The third-order valence-corrected chi connectivity index (χ3v) is 2.70. The highest BCUT2D eigenvalue weighted by atomic mass is 16.1. The molecule has 82 valence electrons. The normalized spacial score (nSPS) is 10.6. The fourth-order valence-electron chi connectivity index (χ4n) is 1.91. The first kappa shape index (κ1) is 9.72. The summed E-state index contributed by atoms with van der Waals surface area (Å²) in [4.78, 5) is 22.5. The Balaban J connectivity index is 2.33. The first-order valence-electron chi connectivity index (χ1n) is 5.22. The maximum Gasteiger partial charge on any atom is 0.152 e. The first-order chi connectivity index (χ1) is 8.40. The third kappa shape index (κ3) is 1.50. The lowest BCUT2D eigenvalue weighted by Gasteiger charge is -1.97. The van der Waals surface area contributed by atoms with Gasteiger partial charge in [0.1, 0.15) is 5.65 Å². The average Bonchev–Trinajstić information content (AvgIpc) is 2.78. The van der Waals surface area contributed by atoms with Crippen LogP contribution >= 0.6 is 0 Å². The Labute approximate surface area is 97.3 Å². The number of rotatable bonds is 2. The molecule has 0 saturated heterocycles.